The van der Waals surface area contributed by atoms with Crippen LogP contribution in [0.3, 0.4) is 0 Å². The smallest absolute Gasteiger partial charge is 0.314 e. The SMILES string of the molecule is O=C(NC[C@@H](O)c1ccccc1Cl)C(=O)Nc1ccnn1Cc1ccccc1. The summed E-state index contributed by atoms with van der Waals surface area (Å²) in [6.45, 7) is 0.315. The van der Waals surface area contributed by atoms with E-state index in [4.69, 9.17) is 11.6 Å². The average Bonchev–Trinajstić information content (AvgIpc) is 3.13. The van der Waals surface area contributed by atoms with Crippen molar-refractivity contribution in [3.63, 3.8) is 0 Å². The van der Waals surface area contributed by atoms with E-state index in [1.165, 1.54) is 6.20 Å². The van der Waals surface area contributed by atoms with Gasteiger partial charge in [0.15, 0.2) is 0 Å². The number of aliphatic hydroxyl groups excluding tert-OH is 1. The van der Waals surface area contributed by atoms with E-state index in [0.29, 0.717) is 22.9 Å². The number of hydrogen-bond acceptors (Lipinski definition) is 4. The number of benzene rings is 2. The van der Waals surface area contributed by atoms with Gasteiger partial charge in [-0.05, 0) is 11.6 Å². The van der Waals surface area contributed by atoms with Crippen LogP contribution >= 0.6 is 11.6 Å². The molecule has 0 spiro atoms. The van der Waals surface area contributed by atoms with Crippen molar-refractivity contribution in [3.05, 3.63) is 83.0 Å². The molecule has 0 unspecified atom stereocenters. The van der Waals surface area contributed by atoms with Crippen LogP contribution in [0.1, 0.15) is 17.2 Å². The van der Waals surface area contributed by atoms with Crippen LogP contribution < -0.4 is 10.6 Å². The normalized spacial score (nSPS) is 11.6. The van der Waals surface area contributed by atoms with Crippen molar-refractivity contribution in [2.24, 2.45) is 0 Å². The zero-order valence-electron chi connectivity index (χ0n) is 14.9. The van der Waals surface area contributed by atoms with E-state index in [1.807, 2.05) is 30.3 Å². The molecule has 3 N–H and O–H groups in total. The summed E-state index contributed by atoms with van der Waals surface area (Å²) in [4.78, 5) is 24.2. The number of carbonyl (C=O) groups is 2. The zero-order valence-corrected chi connectivity index (χ0v) is 15.6. The van der Waals surface area contributed by atoms with Gasteiger partial charge in [0, 0.05) is 23.2 Å². The summed E-state index contributed by atoms with van der Waals surface area (Å²) in [5.74, 6) is -1.31. The standard InChI is InChI=1S/C20H19ClN4O3/c21-16-9-5-4-8-15(16)17(26)12-22-19(27)20(28)24-18-10-11-23-25(18)13-14-6-2-1-3-7-14/h1-11,17,26H,12-13H2,(H,22,27)(H,24,28)/t17-/m1/s1. The molecule has 144 valence electrons. The average molecular weight is 399 g/mol. The molecule has 0 radical (unpaired) electrons. The van der Waals surface area contributed by atoms with E-state index in [1.54, 1.807) is 35.0 Å². The Labute approximate surface area is 166 Å². The fourth-order valence-corrected chi connectivity index (χ4v) is 2.88. The molecule has 0 saturated carbocycles. The van der Waals surface area contributed by atoms with Crippen LogP contribution in [-0.2, 0) is 16.1 Å². The van der Waals surface area contributed by atoms with Crippen LogP contribution in [0.2, 0.25) is 5.02 Å². The predicted octanol–water partition coefficient (Wildman–Crippen LogP) is 2.37. The van der Waals surface area contributed by atoms with Gasteiger partial charge in [0.1, 0.15) is 5.82 Å². The lowest BCUT2D eigenvalue weighted by atomic mass is 10.1. The molecule has 1 aromatic heterocycles. The highest BCUT2D eigenvalue weighted by atomic mass is 35.5. The van der Waals surface area contributed by atoms with Gasteiger partial charge < -0.3 is 15.7 Å². The monoisotopic (exact) mass is 398 g/mol. The Morgan fingerprint density at radius 1 is 1.04 bits per heavy atom. The Morgan fingerprint density at radius 2 is 1.75 bits per heavy atom. The maximum atomic E-state index is 12.2. The molecule has 3 aromatic rings. The molecule has 3 rings (SSSR count). The van der Waals surface area contributed by atoms with Crippen LogP contribution in [0.5, 0.6) is 0 Å². The van der Waals surface area contributed by atoms with Gasteiger partial charge in [-0.15, -0.1) is 0 Å². The minimum atomic E-state index is -1.02. The summed E-state index contributed by atoms with van der Waals surface area (Å²) in [7, 11) is 0. The Morgan fingerprint density at radius 3 is 2.50 bits per heavy atom. The first-order valence-corrected chi connectivity index (χ1v) is 9.00. The Bertz CT molecular complexity index is 959. The molecular formula is C20H19ClN4O3. The predicted molar refractivity (Wildman–Crippen MR) is 106 cm³/mol. The van der Waals surface area contributed by atoms with Crippen LogP contribution in [0.25, 0.3) is 0 Å². The maximum absolute atomic E-state index is 12.2. The summed E-state index contributed by atoms with van der Waals surface area (Å²) in [6.07, 6.45) is 0.520. The van der Waals surface area contributed by atoms with E-state index in [9.17, 15) is 14.7 Å². The second-order valence-electron chi connectivity index (χ2n) is 6.06. The minimum absolute atomic E-state index is 0.140. The van der Waals surface area contributed by atoms with Gasteiger partial charge in [-0.1, -0.05) is 60.1 Å². The van der Waals surface area contributed by atoms with E-state index >= 15 is 0 Å². The molecule has 1 heterocycles. The fraction of sp³-hybridized carbons (Fsp3) is 0.150. The number of carbonyl (C=O) groups excluding carboxylic acids is 2. The zero-order chi connectivity index (χ0) is 19.9. The molecule has 1 atom stereocenters. The topological polar surface area (TPSA) is 96.2 Å². The number of nitrogens with one attached hydrogen (secondary N) is 2. The fourth-order valence-electron chi connectivity index (χ4n) is 2.62. The van der Waals surface area contributed by atoms with Crippen molar-refractivity contribution in [3.8, 4) is 0 Å². The van der Waals surface area contributed by atoms with Crippen molar-refractivity contribution in [2.75, 3.05) is 11.9 Å². The van der Waals surface area contributed by atoms with Crippen molar-refractivity contribution in [1.82, 2.24) is 15.1 Å². The molecular weight excluding hydrogens is 380 g/mol. The van der Waals surface area contributed by atoms with Gasteiger partial charge >= 0.3 is 11.8 Å². The Balaban J connectivity index is 1.56. The second kappa shape index (κ2) is 9.16. The molecule has 0 aliphatic heterocycles. The summed E-state index contributed by atoms with van der Waals surface area (Å²) < 4.78 is 1.58. The quantitative estimate of drug-likeness (QED) is 0.555. The van der Waals surface area contributed by atoms with Crippen LogP contribution in [0.15, 0.2) is 66.9 Å². The molecule has 28 heavy (non-hydrogen) atoms. The van der Waals surface area contributed by atoms with Gasteiger partial charge in [-0.25, -0.2) is 4.68 Å². The Kier molecular flexibility index (Phi) is 6.41. The van der Waals surface area contributed by atoms with E-state index < -0.39 is 17.9 Å². The lowest BCUT2D eigenvalue weighted by molar-refractivity contribution is -0.136. The third-order valence-electron chi connectivity index (χ3n) is 4.06. The number of aliphatic hydroxyl groups is 1. The largest absolute Gasteiger partial charge is 0.387 e. The summed E-state index contributed by atoms with van der Waals surface area (Å²) in [5.41, 5.74) is 1.49. The molecule has 0 fully saturated rings. The first-order chi connectivity index (χ1) is 13.5. The van der Waals surface area contributed by atoms with Crippen molar-refractivity contribution < 1.29 is 14.7 Å². The lowest BCUT2D eigenvalue weighted by Gasteiger charge is -2.14. The highest BCUT2D eigenvalue weighted by molar-refractivity contribution is 6.39. The summed E-state index contributed by atoms with van der Waals surface area (Å²) in [6, 6.07) is 18.0. The van der Waals surface area contributed by atoms with Gasteiger partial charge in [-0.3, -0.25) is 9.59 Å². The number of aromatic nitrogens is 2. The number of nitrogens with zero attached hydrogens (tertiary/aromatic N) is 2. The van der Waals surface area contributed by atoms with E-state index in [-0.39, 0.29) is 6.54 Å². The highest BCUT2D eigenvalue weighted by Gasteiger charge is 2.18. The van der Waals surface area contributed by atoms with Crippen LogP contribution in [0, 0.1) is 0 Å². The van der Waals surface area contributed by atoms with Gasteiger partial charge in [0.05, 0.1) is 18.8 Å². The van der Waals surface area contributed by atoms with Crippen molar-refractivity contribution >= 4 is 29.2 Å². The molecule has 0 saturated heterocycles. The van der Waals surface area contributed by atoms with Gasteiger partial charge in [0.2, 0.25) is 0 Å². The first kappa shape index (κ1) is 19.6. The van der Waals surface area contributed by atoms with Crippen molar-refractivity contribution in [2.45, 2.75) is 12.6 Å². The summed E-state index contributed by atoms with van der Waals surface area (Å²) in [5, 5.41) is 19.6. The molecule has 7 nitrogen and oxygen atoms in total. The molecule has 2 aromatic carbocycles. The molecule has 2 amide bonds. The first-order valence-electron chi connectivity index (χ1n) is 8.62. The number of rotatable bonds is 6. The Hall–Kier alpha value is -3.16. The minimum Gasteiger partial charge on any atom is -0.387 e. The number of anilines is 1. The highest BCUT2D eigenvalue weighted by Crippen LogP contribution is 2.21. The van der Waals surface area contributed by atoms with Gasteiger partial charge in [0.25, 0.3) is 0 Å². The van der Waals surface area contributed by atoms with E-state index in [0.717, 1.165) is 5.56 Å². The van der Waals surface area contributed by atoms with Crippen LogP contribution in [-0.4, -0.2) is 33.2 Å². The maximum Gasteiger partial charge on any atom is 0.314 e. The van der Waals surface area contributed by atoms with Gasteiger partial charge in [-0.2, -0.15) is 5.10 Å². The third-order valence-corrected chi connectivity index (χ3v) is 4.40. The lowest BCUT2D eigenvalue weighted by Crippen LogP contribution is -2.38. The number of amides is 2. The third kappa shape index (κ3) is 4.97. The van der Waals surface area contributed by atoms with Crippen molar-refractivity contribution in [1.29, 1.82) is 0 Å². The molecule has 0 bridgehead atoms. The summed E-state index contributed by atoms with van der Waals surface area (Å²) >= 11 is 6.01. The molecule has 0 aliphatic carbocycles. The van der Waals surface area contributed by atoms with Crippen LogP contribution in [0.4, 0.5) is 5.82 Å². The molecule has 8 heteroatoms. The second-order valence-corrected chi connectivity index (χ2v) is 6.47. The number of hydrogen-bond donors (Lipinski definition) is 3. The van der Waals surface area contributed by atoms with E-state index in [2.05, 4.69) is 15.7 Å². The molecule has 0 aliphatic rings. The number of halogens is 1.